The number of nitrogens with one attached hydrogen (secondary N) is 1. The first-order valence-corrected chi connectivity index (χ1v) is 6.46. The van der Waals surface area contributed by atoms with Crippen LogP contribution >= 0.6 is 0 Å². The van der Waals surface area contributed by atoms with Gasteiger partial charge < -0.3 is 9.88 Å². The average molecular weight is 274 g/mol. The maximum atomic E-state index is 12.8. The maximum absolute atomic E-state index is 12.8. The van der Waals surface area contributed by atoms with Gasteiger partial charge in [0.25, 0.3) is 5.56 Å². The van der Waals surface area contributed by atoms with Crippen LogP contribution in [0.5, 0.6) is 0 Å². The van der Waals surface area contributed by atoms with E-state index in [1.54, 1.807) is 0 Å². The molecular weight excluding hydrogens is 257 g/mol. The third kappa shape index (κ3) is 3.59. The van der Waals surface area contributed by atoms with Crippen LogP contribution in [0.15, 0.2) is 23.0 Å². The molecule has 19 heavy (non-hydrogen) atoms. The van der Waals surface area contributed by atoms with Gasteiger partial charge in [-0.15, -0.1) is 0 Å². The molecule has 0 amide bonds. The molecule has 0 aliphatic carbocycles. The number of pyridine rings is 1. The Balaban J connectivity index is 2.12. The van der Waals surface area contributed by atoms with Gasteiger partial charge in [-0.3, -0.25) is 4.79 Å². The molecule has 0 aromatic carbocycles. The van der Waals surface area contributed by atoms with E-state index in [9.17, 15) is 18.0 Å². The Morgan fingerprint density at radius 3 is 2.58 bits per heavy atom. The van der Waals surface area contributed by atoms with E-state index in [-0.39, 0.29) is 6.54 Å². The van der Waals surface area contributed by atoms with E-state index in [4.69, 9.17) is 0 Å². The highest BCUT2D eigenvalue weighted by Gasteiger charge is 2.34. The fraction of sp³-hybridized carbons (Fsp3) is 0.615. The van der Waals surface area contributed by atoms with E-state index in [1.165, 1.54) is 6.07 Å². The van der Waals surface area contributed by atoms with Crippen molar-refractivity contribution in [2.75, 3.05) is 13.1 Å². The predicted octanol–water partition coefficient (Wildman–Crippen LogP) is 2.26. The second-order valence-electron chi connectivity index (χ2n) is 4.88. The number of hydrogen-bond donors (Lipinski definition) is 1. The zero-order valence-electron chi connectivity index (χ0n) is 10.5. The summed E-state index contributed by atoms with van der Waals surface area (Å²) in [6.07, 6.45) is -1.94. The molecule has 1 fully saturated rings. The average Bonchev–Trinajstić information content (AvgIpc) is 2.37. The Kier molecular flexibility index (Phi) is 4.29. The Hall–Kier alpha value is -1.30. The van der Waals surface area contributed by atoms with Crippen LogP contribution in [0.1, 0.15) is 25.0 Å². The molecule has 1 aromatic rings. The molecule has 1 aliphatic heterocycles. The SMILES string of the molecule is O=c1cccc(C(F)(F)F)n1CCC1CCNCC1. The number of rotatable bonds is 3. The number of aromatic nitrogens is 1. The van der Waals surface area contributed by atoms with Crippen LogP contribution in [-0.4, -0.2) is 17.7 Å². The normalized spacial score (nSPS) is 17.6. The van der Waals surface area contributed by atoms with Crippen molar-refractivity contribution in [1.29, 1.82) is 0 Å². The highest BCUT2D eigenvalue weighted by molar-refractivity contribution is 5.10. The Morgan fingerprint density at radius 2 is 1.95 bits per heavy atom. The molecule has 2 rings (SSSR count). The van der Waals surface area contributed by atoms with E-state index in [0.717, 1.165) is 42.6 Å². The van der Waals surface area contributed by atoms with Crippen molar-refractivity contribution in [2.24, 2.45) is 5.92 Å². The molecule has 106 valence electrons. The molecule has 1 N–H and O–H groups in total. The molecule has 1 saturated heterocycles. The highest BCUT2D eigenvalue weighted by atomic mass is 19.4. The lowest BCUT2D eigenvalue weighted by Gasteiger charge is -2.23. The zero-order chi connectivity index (χ0) is 13.9. The summed E-state index contributed by atoms with van der Waals surface area (Å²) >= 11 is 0. The highest BCUT2D eigenvalue weighted by Crippen LogP contribution is 2.28. The van der Waals surface area contributed by atoms with Crippen molar-refractivity contribution in [3.63, 3.8) is 0 Å². The van der Waals surface area contributed by atoms with Crippen molar-refractivity contribution in [3.8, 4) is 0 Å². The Bertz CT molecular complexity index is 476. The molecule has 0 saturated carbocycles. The van der Waals surface area contributed by atoms with Crippen LogP contribution < -0.4 is 10.9 Å². The first kappa shape index (κ1) is 14.1. The third-order valence-corrected chi connectivity index (χ3v) is 3.56. The summed E-state index contributed by atoms with van der Waals surface area (Å²) in [5.74, 6) is 0.398. The molecule has 2 heterocycles. The van der Waals surface area contributed by atoms with Crippen LogP contribution in [0.3, 0.4) is 0 Å². The summed E-state index contributed by atoms with van der Waals surface area (Å²) in [5, 5.41) is 3.21. The van der Waals surface area contributed by atoms with Crippen LogP contribution in [0.25, 0.3) is 0 Å². The largest absolute Gasteiger partial charge is 0.431 e. The fourth-order valence-electron chi connectivity index (χ4n) is 2.48. The van der Waals surface area contributed by atoms with Gasteiger partial charge in [0.2, 0.25) is 0 Å². The summed E-state index contributed by atoms with van der Waals surface area (Å²) in [6, 6.07) is 3.30. The van der Waals surface area contributed by atoms with Crippen LogP contribution in [-0.2, 0) is 12.7 Å². The quantitative estimate of drug-likeness (QED) is 0.917. The maximum Gasteiger partial charge on any atom is 0.431 e. The van der Waals surface area contributed by atoms with Gasteiger partial charge in [-0.25, -0.2) is 0 Å². The van der Waals surface area contributed by atoms with Gasteiger partial charge in [-0.05, 0) is 44.3 Å². The topological polar surface area (TPSA) is 34.0 Å². The minimum absolute atomic E-state index is 0.138. The fourth-order valence-corrected chi connectivity index (χ4v) is 2.48. The zero-order valence-corrected chi connectivity index (χ0v) is 10.5. The molecule has 0 spiro atoms. The van der Waals surface area contributed by atoms with Crippen LogP contribution in [0.4, 0.5) is 13.2 Å². The lowest BCUT2D eigenvalue weighted by molar-refractivity contribution is -0.144. The minimum atomic E-state index is -4.48. The second-order valence-corrected chi connectivity index (χ2v) is 4.88. The van der Waals surface area contributed by atoms with Crippen LogP contribution in [0, 0.1) is 5.92 Å². The van der Waals surface area contributed by atoms with E-state index >= 15 is 0 Å². The molecule has 6 heteroatoms. The lowest BCUT2D eigenvalue weighted by Crippen LogP contribution is -2.31. The molecule has 0 atom stereocenters. The third-order valence-electron chi connectivity index (χ3n) is 3.56. The second kappa shape index (κ2) is 5.77. The summed E-state index contributed by atoms with van der Waals surface area (Å²) in [5.41, 5.74) is -1.43. The number of halogens is 3. The molecule has 3 nitrogen and oxygen atoms in total. The molecule has 0 radical (unpaired) electrons. The van der Waals surface area contributed by atoms with Crippen molar-refractivity contribution < 1.29 is 13.2 Å². The molecule has 1 aliphatic rings. The van der Waals surface area contributed by atoms with E-state index in [1.807, 2.05) is 0 Å². The Labute approximate surface area is 109 Å². The molecule has 1 aromatic heterocycles. The van der Waals surface area contributed by atoms with Gasteiger partial charge in [0.15, 0.2) is 0 Å². The predicted molar refractivity (Wildman–Crippen MR) is 65.9 cm³/mol. The van der Waals surface area contributed by atoms with Crippen molar-refractivity contribution in [3.05, 3.63) is 34.2 Å². The van der Waals surface area contributed by atoms with Crippen molar-refractivity contribution in [1.82, 2.24) is 9.88 Å². The van der Waals surface area contributed by atoms with E-state index in [0.29, 0.717) is 12.3 Å². The summed E-state index contributed by atoms with van der Waals surface area (Å²) in [7, 11) is 0. The first-order valence-electron chi connectivity index (χ1n) is 6.46. The molecular formula is C13H17F3N2O. The first-order chi connectivity index (χ1) is 8.98. The summed E-state index contributed by atoms with van der Waals surface area (Å²) in [4.78, 5) is 11.6. The van der Waals surface area contributed by atoms with Crippen molar-refractivity contribution in [2.45, 2.75) is 32.0 Å². The number of hydrogen-bond acceptors (Lipinski definition) is 2. The number of alkyl halides is 3. The lowest BCUT2D eigenvalue weighted by atomic mass is 9.94. The minimum Gasteiger partial charge on any atom is -0.317 e. The summed E-state index contributed by atoms with van der Waals surface area (Å²) in [6.45, 7) is 1.94. The van der Waals surface area contributed by atoms with E-state index in [2.05, 4.69) is 5.32 Å². The van der Waals surface area contributed by atoms with Gasteiger partial charge in [0.05, 0.1) is 0 Å². The summed E-state index contributed by atoms with van der Waals surface area (Å²) < 4.78 is 39.3. The number of piperidine rings is 1. The van der Waals surface area contributed by atoms with Gasteiger partial charge in [0.1, 0.15) is 5.69 Å². The van der Waals surface area contributed by atoms with Gasteiger partial charge >= 0.3 is 6.18 Å². The molecule has 0 unspecified atom stereocenters. The molecule has 0 bridgehead atoms. The van der Waals surface area contributed by atoms with Gasteiger partial charge in [-0.1, -0.05) is 6.07 Å². The standard InChI is InChI=1S/C13H17F3N2O/c14-13(15,16)11-2-1-3-12(19)18(11)9-6-10-4-7-17-8-5-10/h1-3,10,17H,4-9H2. The van der Waals surface area contributed by atoms with Crippen molar-refractivity contribution >= 4 is 0 Å². The Morgan fingerprint density at radius 1 is 1.26 bits per heavy atom. The monoisotopic (exact) mass is 274 g/mol. The van der Waals surface area contributed by atoms with Gasteiger partial charge in [-0.2, -0.15) is 13.2 Å². The van der Waals surface area contributed by atoms with Crippen LogP contribution in [0.2, 0.25) is 0 Å². The van der Waals surface area contributed by atoms with Gasteiger partial charge in [0, 0.05) is 12.6 Å². The number of nitrogens with zero attached hydrogens (tertiary/aromatic N) is 1. The van der Waals surface area contributed by atoms with E-state index < -0.39 is 17.4 Å². The smallest absolute Gasteiger partial charge is 0.317 e.